The lowest BCUT2D eigenvalue weighted by Crippen LogP contribution is -2.27. The Bertz CT molecular complexity index is 778. The molecule has 0 heterocycles. The van der Waals surface area contributed by atoms with Gasteiger partial charge in [0.05, 0.1) is 12.7 Å². The number of aliphatic hydroxyl groups excluding tert-OH is 1. The maximum atomic E-state index is 10.6. The normalized spacial score (nSPS) is 24.5. The molecule has 152 valence electrons. The van der Waals surface area contributed by atoms with Gasteiger partial charge in [-0.15, -0.1) is 11.6 Å². The number of aliphatic hydroxyl groups is 1. The number of carbonyl (C=O) groups is 1. The Balaban J connectivity index is 1.50. The van der Waals surface area contributed by atoms with Gasteiger partial charge in [0.2, 0.25) is 0 Å². The molecule has 3 rings (SSSR count). The molecule has 0 amide bonds. The van der Waals surface area contributed by atoms with Crippen molar-refractivity contribution in [2.45, 2.75) is 56.4 Å². The summed E-state index contributed by atoms with van der Waals surface area (Å²) in [7, 11) is 0. The van der Waals surface area contributed by atoms with E-state index in [-0.39, 0.29) is 23.6 Å². The molecule has 2 aromatic rings. The average Bonchev–Trinajstić information content (AvgIpc) is 2.95. The molecule has 1 aliphatic rings. The number of aliphatic carboxylic acids is 1. The summed E-state index contributed by atoms with van der Waals surface area (Å²) in [6.07, 6.45) is 5.02. The number of fused-ring (bicyclic) bond motifs is 1. The van der Waals surface area contributed by atoms with Crippen LogP contribution in [-0.4, -0.2) is 34.3 Å². The SMILES string of the molecule is O=C(O)CCCCCC[C@@H]1[C@@H](COc2ccc3ccccc3c2)[C@H](O)C[C@H]1Cl. The van der Waals surface area contributed by atoms with Gasteiger partial charge in [0.15, 0.2) is 0 Å². The van der Waals surface area contributed by atoms with Crippen molar-refractivity contribution in [1.82, 2.24) is 0 Å². The van der Waals surface area contributed by atoms with Gasteiger partial charge in [-0.1, -0.05) is 49.6 Å². The number of hydrogen-bond acceptors (Lipinski definition) is 3. The number of unbranched alkanes of at least 4 members (excludes halogenated alkanes) is 3. The van der Waals surface area contributed by atoms with E-state index in [0.717, 1.165) is 43.2 Å². The Hall–Kier alpha value is -1.78. The maximum absolute atomic E-state index is 10.6. The molecule has 1 aliphatic carbocycles. The largest absolute Gasteiger partial charge is 0.493 e. The van der Waals surface area contributed by atoms with Crippen molar-refractivity contribution in [3.63, 3.8) is 0 Å². The molecule has 5 heteroatoms. The Labute approximate surface area is 171 Å². The van der Waals surface area contributed by atoms with Gasteiger partial charge in [-0.2, -0.15) is 0 Å². The number of ether oxygens (including phenoxy) is 1. The van der Waals surface area contributed by atoms with Crippen LogP contribution in [0.5, 0.6) is 5.75 Å². The van der Waals surface area contributed by atoms with E-state index >= 15 is 0 Å². The number of alkyl halides is 1. The van der Waals surface area contributed by atoms with Gasteiger partial charge in [-0.3, -0.25) is 4.79 Å². The molecule has 2 aromatic carbocycles. The van der Waals surface area contributed by atoms with Crippen molar-refractivity contribution in [2.75, 3.05) is 6.61 Å². The molecule has 4 atom stereocenters. The summed E-state index contributed by atoms with van der Waals surface area (Å²) >= 11 is 6.52. The van der Waals surface area contributed by atoms with Crippen LogP contribution in [0.3, 0.4) is 0 Å². The summed E-state index contributed by atoms with van der Waals surface area (Å²) in [5.74, 6) is 0.353. The standard InChI is InChI=1S/C23H29ClO4/c24-21-14-22(25)20(19(21)9-3-1-2-4-10-23(26)27)15-28-18-12-11-16-7-5-6-8-17(16)13-18/h5-8,11-13,19-22,25H,1-4,9-10,14-15H2,(H,26,27)/t19-,20-,21-,22-/m1/s1. The van der Waals surface area contributed by atoms with E-state index in [2.05, 4.69) is 18.2 Å². The number of halogens is 1. The summed E-state index contributed by atoms with van der Waals surface area (Å²) < 4.78 is 6.03. The lowest BCUT2D eigenvalue weighted by atomic mass is 9.90. The number of carboxylic acids is 1. The zero-order valence-corrected chi connectivity index (χ0v) is 16.9. The molecule has 1 fully saturated rings. The summed E-state index contributed by atoms with van der Waals surface area (Å²) in [6.45, 7) is 0.465. The van der Waals surface area contributed by atoms with Crippen molar-refractivity contribution in [3.05, 3.63) is 42.5 Å². The van der Waals surface area contributed by atoms with Crippen molar-refractivity contribution in [3.8, 4) is 5.75 Å². The molecule has 4 nitrogen and oxygen atoms in total. The zero-order valence-electron chi connectivity index (χ0n) is 16.1. The van der Waals surface area contributed by atoms with E-state index in [0.29, 0.717) is 13.0 Å². The van der Waals surface area contributed by atoms with Gasteiger partial charge in [0, 0.05) is 17.7 Å². The van der Waals surface area contributed by atoms with Crippen LogP contribution >= 0.6 is 11.6 Å². The van der Waals surface area contributed by atoms with Gasteiger partial charge in [-0.05, 0) is 48.1 Å². The summed E-state index contributed by atoms with van der Waals surface area (Å²) in [6, 6.07) is 14.2. The minimum absolute atomic E-state index is 0.0285. The van der Waals surface area contributed by atoms with E-state index in [1.54, 1.807) is 0 Å². The summed E-state index contributed by atoms with van der Waals surface area (Å²) in [5.41, 5.74) is 0. The highest BCUT2D eigenvalue weighted by Crippen LogP contribution is 2.39. The zero-order chi connectivity index (χ0) is 19.9. The van der Waals surface area contributed by atoms with Crippen LogP contribution in [0, 0.1) is 11.8 Å². The van der Waals surface area contributed by atoms with E-state index < -0.39 is 12.1 Å². The molecule has 2 N–H and O–H groups in total. The number of hydrogen-bond donors (Lipinski definition) is 2. The van der Waals surface area contributed by atoms with E-state index in [1.807, 2.05) is 24.3 Å². The third-order valence-corrected chi connectivity index (χ3v) is 6.32. The van der Waals surface area contributed by atoms with Gasteiger partial charge >= 0.3 is 5.97 Å². The minimum atomic E-state index is -0.731. The molecule has 0 aliphatic heterocycles. The van der Waals surface area contributed by atoms with E-state index in [9.17, 15) is 9.90 Å². The lowest BCUT2D eigenvalue weighted by Gasteiger charge is -2.23. The molecule has 28 heavy (non-hydrogen) atoms. The van der Waals surface area contributed by atoms with E-state index in [1.165, 1.54) is 5.39 Å². The van der Waals surface area contributed by atoms with Crippen LogP contribution < -0.4 is 4.74 Å². The molecule has 0 aromatic heterocycles. The third kappa shape index (κ3) is 5.62. The van der Waals surface area contributed by atoms with Gasteiger partial charge in [-0.25, -0.2) is 0 Å². The lowest BCUT2D eigenvalue weighted by molar-refractivity contribution is -0.137. The van der Waals surface area contributed by atoms with Crippen molar-refractivity contribution in [2.24, 2.45) is 11.8 Å². The number of carboxylic acid groups (broad SMARTS) is 1. The molecule has 0 radical (unpaired) electrons. The first kappa shape index (κ1) is 20.9. The predicted octanol–water partition coefficient (Wildman–Crippen LogP) is 5.25. The molecular formula is C23H29ClO4. The van der Waals surface area contributed by atoms with Crippen LogP contribution in [0.15, 0.2) is 42.5 Å². The number of benzene rings is 2. The summed E-state index contributed by atoms with van der Waals surface area (Å²) in [4.78, 5) is 10.6. The molecule has 0 unspecified atom stereocenters. The van der Waals surface area contributed by atoms with Crippen LogP contribution in [0.4, 0.5) is 0 Å². The Morgan fingerprint density at radius 2 is 1.79 bits per heavy atom. The first-order valence-electron chi connectivity index (χ1n) is 10.2. The topological polar surface area (TPSA) is 66.8 Å². The fourth-order valence-corrected chi connectivity index (χ4v) is 4.72. The molecule has 0 bridgehead atoms. The molecule has 0 spiro atoms. The Kier molecular flexibility index (Phi) is 7.57. The third-order valence-electron chi connectivity index (χ3n) is 5.82. The van der Waals surface area contributed by atoms with Crippen molar-refractivity contribution >= 4 is 28.3 Å². The van der Waals surface area contributed by atoms with E-state index in [4.69, 9.17) is 21.4 Å². The van der Waals surface area contributed by atoms with Crippen molar-refractivity contribution in [1.29, 1.82) is 0 Å². The predicted molar refractivity (Wildman–Crippen MR) is 112 cm³/mol. The van der Waals surface area contributed by atoms with Gasteiger partial charge in [0.1, 0.15) is 5.75 Å². The van der Waals surface area contributed by atoms with Gasteiger partial charge in [0.25, 0.3) is 0 Å². The highest BCUT2D eigenvalue weighted by Gasteiger charge is 2.41. The second kappa shape index (κ2) is 10.1. The fraction of sp³-hybridized carbons (Fsp3) is 0.522. The second-order valence-corrected chi connectivity index (χ2v) is 8.37. The average molecular weight is 405 g/mol. The highest BCUT2D eigenvalue weighted by molar-refractivity contribution is 6.21. The second-order valence-electron chi connectivity index (χ2n) is 7.81. The molecule has 0 saturated heterocycles. The van der Waals surface area contributed by atoms with Gasteiger partial charge < -0.3 is 14.9 Å². The highest BCUT2D eigenvalue weighted by atomic mass is 35.5. The Morgan fingerprint density at radius 3 is 2.57 bits per heavy atom. The van der Waals surface area contributed by atoms with Crippen LogP contribution in [0.25, 0.3) is 10.8 Å². The summed E-state index contributed by atoms with van der Waals surface area (Å²) in [5, 5.41) is 21.4. The van der Waals surface area contributed by atoms with Crippen LogP contribution in [0.2, 0.25) is 0 Å². The minimum Gasteiger partial charge on any atom is -0.493 e. The Morgan fingerprint density at radius 1 is 1.04 bits per heavy atom. The monoisotopic (exact) mass is 404 g/mol. The first-order chi connectivity index (χ1) is 13.5. The van der Waals surface area contributed by atoms with Crippen molar-refractivity contribution < 1.29 is 19.7 Å². The maximum Gasteiger partial charge on any atom is 0.303 e. The first-order valence-corrected chi connectivity index (χ1v) is 10.6. The molecule has 1 saturated carbocycles. The van der Waals surface area contributed by atoms with Crippen LogP contribution in [-0.2, 0) is 4.79 Å². The number of rotatable bonds is 10. The fourth-order valence-electron chi connectivity index (χ4n) is 4.22. The van der Waals surface area contributed by atoms with Crippen LogP contribution in [0.1, 0.15) is 44.9 Å². The molecular weight excluding hydrogens is 376 g/mol. The smallest absolute Gasteiger partial charge is 0.303 e. The quantitative estimate of drug-likeness (QED) is 0.419.